The van der Waals surface area contributed by atoms with E-state index in [1.807, 2.05) is 18.6 Å². The molecule has 0 aromatic carbocycles. The molecule has 112 valence electrons. The van der Waals surface area contributed by atoms with Crippen LogP contribution in [-0.4, -0.2) is 41.3 Å². The van der Waals surface area contributed by atoms with Crippen LogP contribution in [0.2, 0.25) is 0 Å². The van der Waals surface area contributed by atoms with Crippen molar-refractivity contribution < 1.29 is 4.74 Å². The Morgan fingerprint density at radius 3 is 2.95 bits per heavy atom. The first-order valence-corrected chi connectivity index (χ1v) is 7.53. The zero-order valence-electron chi connectivity index (χ0n) is 12.5. The molecule has 2 aromatic rings. The zero-order valence-corrected chi connectivity index (χ0v) is 12.5. The summed E-state index contributed by atoms with van der Waals surface area (Å²) < 4.78 is 7.41. The van der Waals surface area contributed by atoms with Gasteiger partial charge in [0.25, 0.3) is 0 Å². The van der Waals surface area contributed by atoms with Crippen LogP contribution in [0.15, 0.2) is 36.9 Å². The van der Waals surface area contributed by atoms with E-state index in [0.717, 1.165) is 26.2 Å². The van der Waals surface area contributed by atoms with E-state index in [2.05, 4.69) is 37.8 Å². The maximum absolute atomic E-state index is 5.18. The van der Waals surface area contributed by atoms with E-state index >= 15 is 0 Å². The summed E-state index contributed by atoms with van der Waals surface area (Å²) in [5.74, 6) is 1.67. The largest absolute Gasteiger partial charge is 0.383 e. The van der Waals surface area contributed by atoms with Crippen molar-refractivity contribution >= 4 is 5.69 Å². The number of hydrogen-bond acceptors (Lipinski definition) is 4. The van der Waals surface area contributed by atoms with Gasteiger partial charge in [0.15, 0.2) is 0 Å². The van der Waals surface area contributed by atoms with Gasteiger partial charge in [-0.2, -0.15) is 0 Å². The standard InChI is InChI=1S/C16H22N4O/c1-21-12-11-19-10-8-18-16(19)14-3-2-9-20(13-14)15-4-6-17-7-5-15/h4-8,10,14H,2-3,9,11-13H2,1H3. The molecule has 1 saturated heterocycles. The summed E-state index contributed by atoms with van der Waals surface area (Å²) in [6.07, 6.45) is 10.1. The maximum Gasteiger partial charge on any atom is 0.113 e. The quantitative estimate of drug-likeness (QED) is 0.846. The van der Waals surface area contributed by atoms with Gasteiger partial charge in [0.2, 0.25) is 0 Å². The molecule has 0 amide bonds. The van der Waals surface area contributed by atoms with E-state index in [4.69, 9.17) is 4.74 Å². The van der Waals surface area contributed by atoms with Crippen LogP contribution in [0.4, 0.5) is 5.69 Å². The summed E-state index contributed by atoms with van der Waals surface area (Å²) in [6, 6.07) is 4.17. The van der Waals surface area contributed by atoms with E-state index < -0.39 is 0 Å². The monoisotopic (exact) mass is 286 g/mol. The second kappa shape index (κ2) is 6.72. The second-order valence-electron chi connectivity index (χ2n) is 5.46. The fourth-order valence-electron chi connectivity index (χ4n) is 3.04. The fourth-order valence-corrected chi connectivity index (χ4v) is 3.04. The molecule has 1 unspecified atom stereocenters. The van der Waals surface area contributed by atoms with Gasteiger partial charge in [-0.3, -0.25) is 4.98 Å². The highest BCUT2D eigenvalue weighted by molar-refractivity contribution is 5.45. The molecule has 0 bridgehead atoms. The smallest absolute Gasteiger partial charge is 0.113 e. The Hall–Kier alpha value is -1.88. The van der Waals surface area contributed by atoms with Crippen molar-refractivity contribution in [2.75, 3.05) is 31.7 Å². The molecule has 0 aliphatic carbocycles. The zero-order chi connectivity index (χ0) is 14.5. The van der Waals surface area contributed by atoms with Crippen LogP contribution in [0.25, 0.3) is 0 Å². The summed E-state index contributed by atoms with van der Waals surface area (Å²) in [4.78, 5) is 11.1. The first-order chi connectivity index (χ1) is 10.4. The van der Waals surface area contributed by atoms with Crippen molar-refractivity contribution in [3.05, 3.63) is 42.7 Å². The average Bonchev–Trinajstić information content (AvgIpc) is 3.02. The van der Waals surface area contributed by atoms with Crippen LogP contribution in [0, 0.1) is 0 Å². The number of hydrogen-bond donors (Lipinski definition) is 0. The van der Waals surface area contributed by atoms with Crippen molar-refractivity contribution in [3.8, 4) is 0 Å². The molecule has 21 heavy (non-hydrogen) atoms. The van der Waals surface area contributed by atoms with Crippen molar-refractivity contribution in [1.29, 1.82) is 0 Å². The lowest BCUT2D eigenvalue weighted by molar-refractivity contribution is 0.185. The van der Waals surface area contributed by atoms with Crippen molar-refractivity contribution in [2.45, 2.75) is 25.3 Å². The van der Waals surface area contributed by atoms with Crippen molar-refractivity contribution in [1.82, 2.24) is 14.5 Å². The molecular formula is C16H22N4O. The minimum Gasteiger partial charge on any atom is -0.383 e. The minimum absolute atomic E-state index is 0.485. The van der Waals surface area contributed by atoms with Crippen LogP contribution in [-0.2, 0) is 11.3 Å². The number of piperidine rings is 1. The molecule has 0 saturated carbocycles. The molecule has 0 radical (unpaired) electrons. The normalized spacial score (nSPS) is 18.9. The molecule has 2 aromatic heterocycles. The molecule has 0 N–H and O–H groups in total. The third-order valence-electron chi connectivity index (χ3n) is 4.10. The van der Waals surface area contributed by atoms with Gasteiger partial charge in [-0.15, -0.1) is 0 Å². The van der Waals surface area contributed by atoms with Gasteiger partial charge in [-0.25, -0.2) is 4.98 Å². The number of pyridine rings is 1. The summed E-state index contributed by atoms with van der Waals surface area (Å²) in [6.45, 7) is 3.73. The average molecular weight is 286 g/mol. The molecule has 0 spiro atoms. The summed E-state index contributed by atoms with van der Waals surface area (Å²) in [5, 5.41) is 0. The SMILES string of the molecule is COCCn1ccnc1C1CCCN(c2ccncc2)C1. The highest BCUT2D eigenvalue weighted by Gasteiger charge is 2.24. The number of aromatic nitrogens is 3. The van der Waals surface area contributed by atoms with Crippen molar-refractivity contribution in [3.63, 3.8) is 0 Å². The molecule has 1 aliphatic heterocycles. The molecule has 3 rings (SSSR count). The highest BCUT2D eigenvalue weighted by Crippen LogP contribution is 2.28. The van der Waals surface area contributed by atoms with E-state index in [0.29, 0.717) is 5.92 Å². The second-order valence-corrected chi connectivity index (χ2v) is 5.46. The summed E-state index contributed by atoms with van der Waals surface area (Å²) in [5.41, 5.74) is 1.25. The van der Waals surface area contributed by atoms with Crippen LogP contribution in [0.1, 0.15) is 24.6 Å². The lowest BCUT2D eigenvalue weighted by atomic mass is 9.96. The predicted molar refractivity (Wildman–Crippen MR) is 82.5 cm³/mol. The van der Waals surface area contributed by atoms with Crippen LogP contribution >= 0.6 is 0 Å². The number of ether oxygens (including phenoxy) is 1. The topological polar surface area (TPSA) is 43.2 Å². The Kier molecular flexibility index (Phi) is 4.50. The Bertz CT molecular complexity index is 554. The van der Waals surface area contributed by atoms with Gasteiger partial charge in [-0.1, -0.05) is 0 Å². The van der Waals surface area contributed by atoms with Crippen molar-refractivity contribution in [2.24, 2.45) is 0 Å². The fraction of sp³-hybridized carbons (Fsp3) is 0.500. The van der Waals surface area contributed by atoms with E-state index in [1.165, 1.54) is 24.4 Å². The molecule has 1 atom stereocenters. The predicted octanol–water partition coefficient (Wildman–Crippen LogP) is 2.31. The number of methoxy groups -OCH3 is 1. The van der Waals surface area contributed by atoms with Crippen LogP contribution < -0.4 is 4.90 Å². The first-order valence-electron chi connectivity index (χ1n) is 7.53. The Morgan fingerprint density at radius 2 is 2.14 bits per heavy atom. The Morgan fingerprint density at radius 1 is 1.29 bits per heavy atom. The lowest BCUT2D eigenvalue weighted by Crippen LogP contribution is -2.35. The number of imidazole rings is 1. The number of rotatable bonds is 5. The molecule has 5 heteroatoms. The van der Waals surface area contributed by atoms with Gasteiger partial charge >= 0.3 is 0 Å². The number of nitrogens with zero attached hydrogens (tertiary/aromatic N) is 4. The van der Waals surface area contributed by atoms with Gasteiger partial charge in [-0.05, 0) is 25.0 Å². The summed E-state index contributed by atoms with van der Waals surface area (Å²) >= 11 is 0. The van der Waals surface area contributed by atoms with Crippen LogP contribution in [0.3, 0.4) is 0 Å². The first kappa shape index (κ1) is 14.1. The van der Waals surface area contributed by atoms with Gasteiger partial charge in [0, 0.05) is 63.1 Å². The number of anilines is 1. The Balaban J connectivity index is 1.73. The van der Waals surface area contributed by atoms with E-state index in [9.17, 15) is 0 Å². The molecule has 5 nitrogen and oxygen atoms in total. The lowest BCUT2D eigenvalue weighted by Gasteiger charge is -2.34. The van der Waals surface area contributed by atoms with Gasteiger partial charge < -0.3 is 14.2 Å². The van der Waals surface area contributed by atoms with E-state index in [1.54, 1.807) is 7.11 Å². The van der Waals surface area contributed by atoms with Gasteiger partial charge in [0.05, 0.1) is 6.61 Å². The third-order valence-corrected chi connectivity index (χ3v) is 4.10. The minimum atomic E-state index is 0.485. The highest BCUT2D eigenvalue weighted by atomic mass is 16.5. The summed E-state index contributed by atoms with van der Waals surface area (Å²) in [7, 11) is 1.74. The van der Waals surface area contributed by atoms with Gasteiger partial charge in [0.1, 0.15) is 5.82 Å². The molecule has 1 fully saturated rings. The molecule has 1 aliphatic rings. The van der Waals surface area contributed by atoms with Crippen LogP contribution in [0.5, 0.6) is 0 Å². The Labute approximate surface area is 125 Å². The van der Waals surface area contributed by atoms with E-state index in [-0.39, 0.29) is 0 Å². The third kappa shape index (κ3) is 3.24. The molecular weight excluding hydrogens is 264 g/mol. The molecule has 3 heterocycles. The maximum atomic E-state index is 5.18.